The maximum absolute atomic E-state index is 12.9. The molecule has 0 aromatic heterocycles. The summed E-state index contributed by atoms with van der Waals surface area (Å²) in [6.45, 7) is 5.02. The van der Waals surface area contributed by atoms with Crippen molar-refractivity contribution in [2.45, 2.75) is 38.6 Å². The highest BCUT2D eigenvalue weighted by molar-refractivity contribution is 6.30. The van der Waals surface area contributed by atoms with Crippen LogP contribution in [-0.4, -0.2) is 36.0 Å². The molecule has 2 aromatic carbocycles. The lowest BCUT2D eigenvalue weighted by atomic mass is 9.84. The maximum Gasteiger partial charge on any atom is 0.321 e. The Labute approximate surface area is 177 Å². The van der Waals surface area contributed by atoms with Crippen molar-refractivity contribution in [1.29, 1.82) is 0 Å². The van der Waals surface area contributed by atoms with Gasteiger partial charge in [-0.1, -0.05) is 54.9 Å². The average Bonchev–Trinajstić information content (AvgIpc) is 2.74. The van der Waals surface area contributed by atoms with Crippen molar-refractivity contribution >= 4 is 29.2 Å². The molecule has 3 amide bonds. The Hall–Kier alpha value is -2.53. The second kappa shape index (κ2) is 9.79. The van der Waals surface area contributed by atoms with E-state index in [9.17, 15) is 9.59 Å². The van der Waals surface area contributed by atoms with E-state index in [1.54, 1.807) is 29.2 Å². The number of nitrogens with one attached hydrogen (secondary N) is 2. The quantitative estimate of drug-likeness (QED) is 0.732. The summed E-state index contributed by atoms with van der Waals surface area (Å²) in [6, 6.07) is 17.1. The smallest absolute Gasteiger partial charge is 0.321 e. The molecule has 3 atom stereocenters. The largest absolute Gasteiger partial charge is 0.353 e. The van der Waals surface area contributed by atoms with E-state index in [0.717, 1.165) is 18.4 Å². The van der Waals surface area contributed by atoms with E-state index in [-0.39, 0.29) is 29.8 Å². The van der Waals surface area contributed by atoms with Gasteiger partial charge in [-0.25, -0.2) is 4.79 Å². The zero-order chi connectivity index (χ0) is 20.8. The second-order valence-corrected chi connectivity index (χ2v) is 8.14. The van der Waals surface area contributed by atoms with Gasteiger partial charge in [0.25, 0.3) is 0 Å². The zero-order valence-electron chi connectivity index (χ0n) is 16.9. The van der Waals surface area contributed by atoms with Gasteiger partial charge in [-0.2, -0.15) is 0 Å². The lowest BCUT2D eigenvalue weighted by Crippen LogP contribution is -2.50. The van der Waals surface area contributed by atoms with Crippen LogP contribution in [0.1, 0.15) is 38.2 Å². The molecule has 1 heterocycles. The molecule has 29 heavy (non-hydrogen) atoms. The standard InChI is InChI=1S/C23H28ClN3O2/c1-3-16(2)25-22(28)19-12-18(17-8-5-4-6-9-17)14-27(15-19)23(29)26-21-11-7-10-20(24)13-21/h4-11,13,16,18-19H,3,12,14-15H2,1-2H3,(H,25,28)(H,26,29). The molecule has 6 heteroatoms. The van der Waals surface area contributed by atoms with Crippen LogP contribution < -0.4 is 10.6 Å². The number of nitrogens with zero attached hydrogens (tertiary/aromatic N) is 1. The van der Waals surface area contributed by atoms with Crippen LogP contribution in [0, 0.1) is 5.92 Å². The Balaban J connectivity index is 1.77. The van der Waals surface area contributed by atoms with Crippen LogP contribution >= 0.6 is 11.6 Å². The fourth-order valence-electron chi connectivity index (χ4n) is 3.65. The molecule has 0 saturated carbocycles. The Morgan fingerprint density at radius 3 is 2.59 bits per heavy atom. The highest BCUT2D eigenvalue weighted by Crippen LogP contribution is 2.31. The molecule has 2 aromatic rings. The normalized spacial score (nSPS) is 20.0. The molecule has 2 N–H and O–H groups in total. The predicted molar refractivity (Wildman–Crippen MR) is 117 cm³/mol. The predicted octanol–water partition coefficient (Wildman–Crippen LogP) is 4.89. The molecule has 1 fully saturated rings. The molecule has 5 nitrogen and oxygen atoms in total. The summed E-state index contributed by atoms with van der Waals surface area (Å²) in [7, 11) is 0. The Kier molecular flexibility index (Phi) is 7.15. The van der Waals surface area contributed by atoms with Crippen LogP contribution in [0.5, 0.6) is 0 Å². The van der Waals surface area contributed by atoms with Gasteiger partial charge in [0.1, 0.15) is 0 Å². The molecule has 1 aliphatic rings. The molecule has 0 radical (unpaired) electrons. The van der Waals surface area contributed by atoms with E-state index in [2.05, 4.69) is 22.8 Å². The summed E-state index contributed by atoms with van der Waals surface area (Å²) in [5, 5.41) is 6.54. The number of halogens is 1. The van der Waals surface area contributed by atoms with Crippen molar-refractivity contribution in [3.63, 3.8) is 0 Å². The van der Waals surface area contributed by atoms with Crippen molar-refractivity contribution < 1.29 is 9.59 Å². The van der Waals surface area contributed by atoms with Crippen LogP contribution in [0.4, 0.5) is 10.5 Å². The SMILES string of the molecule is CCC(C)NC(=O)C1CC(c2ccccc2)CN(C(=O)Nc2cccc(Cl)c2)C1. The van der Waals surface area contributed by atoms with Crippen molar-refractivity contribution in [3.8, 4) is 0 Å². The minimum Gasteiger partial charge on any atom is -0.353 e. The van der Waals surface area contributed by atoms with Crippen LogP contribution in [-0.2, 0) is 4.79 Å². The number of likely N-dealkylation sites (tertiary alicyclic amines) is 1. The number of urea groups is 1. The third-order valence-electron chi connectivity index (χ3n) is 5.46. The highest BCUT2D eigenvalue weighted by Gasteiger charge is 2.34. The van der Waals surface area contributed by atoms with Crippen LogP contribution in [0.15, 0.2) is 54.6 Å². The molecule has 3 unspecified atom stereocenters. The first-order chi connectivity index (χ1) is 14.0. The molecule has 3 rings (SSSR count). The minimum absolute atomic E-state index is 0.0144. The summed E-state index contributed by atoms with van der Waals surface area (Å²) in [5.41, 5.74) is 1.79. The highest BCUT2D eigenvalue weighted by atomic mass is 35.5. The first kappa shape index (κ1) is 21.2. The lowest BCUT2D eigenvalue weighted by Gasteiger charge is -2.37. The fourth-order valence-corrected chi connectivity index (χ4v) is 3.84. The van der Waals surface area contributed by atoms with Gasteiger partial charge in [0, 0.05) is 35.8 Å². The van der Waals surface area contributed by atoms with E-state index in [4.69, 9.17) is 11.6 Å². The number of rotatable bonds is 5. The summed E-state index contributed by atoms with van der Waals surface area (Å²) < 4.78 is 0. The van der Waals surface area contributed by atoms with E-state index >= 15 is 0 Å². The minimum atomic E-state index is -0.243. The average molecular weight is 414 g/mol. The van der Waals surface area contributed by atoms with Gasteiger partial charge in [-0.3, -0.25) is 4.79 Å². The van der Waals surface area contributed by atoms with Crippen molar-refractivity contribution in [2.24, 2.45) is 5.92 Å². The first-order valence-electron chi connectivity index (χ1n) is 10.1. The zero-order valence-corrected chi connectivity index (χ0v) is 17.7. The third-order valence-corrected chi connectivity index (χ3v) is 5.69. The van der Waals surface area contributed by atoms with Gasteiger partial charge in [0.15, 0.2) is 0 Å². The van der Waals surface area contributed by atoms with Crippen molar-refractivity contribution in [1.82, 2.24) is 10.2 Å². The number of amides is 3. The monoisotopic (exact) mass is 413 g/mol. The first-order valence-corrected chi connectivity index (χ1v) is 10.5. The molecule has 1 aliphatic heterocycles. The van der Waals surface area contributed by atoms with E-state index in [1.165, 1.54) is 0 Å². The van der Waals surface area contributed by atoms with Gasteiger partial charge >= 0.3 is 6.03 Å². The van der Waals surface area contributed by atoms with E-state index < -0.39 is 0 Å². The fraction of sp³-hybridized carbons (Fsp3) is 0.391. The number of carbonyl (C=O) groups is 2. The van der Waals surface area contributed by atoms with Crippen LogP contribution in [0.2, 0.25) is 5.02 Å². The van der Waals surface area contributed by atoms with Gasteiger partial charge in [0.2, 0.25) is 5.91 Å². The number of benzene rings is 2. The van der Waals surface area contributed by atoms with Crippen molar-refractivity contribution in [3.05, 3.63) is 65.2 Å². The number of carbonyl (C=O) groups excluding carboxylic acids is 2. The van der Waals surface area contributed by atoms with Crippen LogP contribution in [0.3, 0.4) is 0 Å². The van der Waals surface area contributed by atoms with Crippen LogP contribution in [0.25, 0.3) is 0 Å². The molecule has 0 spiro atoms. The molecule has 0 bridgehead atoms. The molecule has 0 aliphatic carbocycles. The summed E-state index contributed by atoms with van der Waals surface area (Å²) in [6.07, 6.45) is 1.60. The summed E-state index contributed by atoms with van der Waals surface area (Å²) in [5.74, 6) is -0.114. The molecule has 154 valence electrons. The number of anilines is 1. The van der Waals surface area contributed by atoms with Gasteiger partial charge < -0.3 is 15.5 Å². The number of hydrogen-bond donors (Lipinski definition) is 2. The molecule has 1 saturated heterocycles. The van der Waals surface area contributed by atoms with Crippen molar-refractivity contribution in [2.75, 3.05) is 18.4 Å². The maximum atomic E-state index is 12.9. The van der Waals surface area contributed by atoms with Gasteiger partial charge in [0.05, 0.1) is 5.92 Å². The Morgan fingerprint density at radius 2 is 1.90 bits per heavy atom. The number of piperidine rings is 1. The Bertz CT molecular complexity index is 843. The molecular weight excluding hydrogens is 386 g/mol. The lowest BCUT2D eigenvalue weighted by molar-refractivity contribution is -0.127. The third kappa shape index (κ3) is 5.73. The van der Waals surface area contributed by atoms with E-state index in [1.807, 2.05) is 32.0 Å². The van der Waals surface area contributed by atoms with Gasteiger partial charge in [-0.05, 0) is 43.5 Å². The number of hydrogen-bond acceptors (Lipinski definition) is 2. The Morgan fingerprint density at radius 1 is 1.14 bits per heavy atom. The summed E-state index contributed by atoms with van der Waals surface area (Å²) in [4.78, 5) is 27.5. The van der Waals surface area contributed by atoms with Gasteiger partial charge in [-0.15, -0.1) is 0 Å². The molecular formula is C23H28ClN3O2. The summed E-state index contributed by atoms with van der Waals surface area (Å²) >= 11 is 6.03. The van der Waals surface area contributed by atoms with E-state index in [0.29, 0.717) is 23.8 Å². The second-order valence-electron chi connectivity index (χ2n) is 7.70. The topological polar surface area (TPSA) is 61.4 Å².